The maximum atomic E-state index is 5.82. The molecule has 0 fully saturated rings. The van der Waals surface area contributed by atoms with Gasteiger partial charge < -0.3 is 11.1 Å². The summed E-state index contributed by atoms with van der Waals surface area (Å²) in [5.74, 6) is 1.34. The average molecular weight is 308 g/mol. The van der Waals surface area contributed by atoms with Crippen LogP contribution < -0.4 is 11.1 Å². The summed E-state index contributed by atoms with van der Waals surface area (Å²) in [5.41, 5.74) is 9.90. The van der Waals surface area contributed by atoms with Crippen LogP contribution in [0.5, 0.6) is 0 Å². The number of nitrogen functional groups attached to an aromatic ring is 1. The van der Waals surface area contributed by atoms with Crippen molar-refractivity contribution in [2.75, 3.05) is 11.1 Å². The second-order valence-corrected chi connectivity index (χ2v) is 5.57. The lowest BCUT2D eigenvalue weighted by Gasteiger charge is -2.08. The van der Waals surface area contributed by atoms with Crippen LogP contribution in [0.3, 0.4) is 0 Å². The quantitative estimate of drug-likeness (QED) is 0.504. The topological polar surface area (TPSA) is 92.5 Å². The summed E-state index contributed by atoms with van der Waals surface area (Å²) in [5, 5.41) is 14.3. The molecule has 4 N–H and O–H groups in total. The number of nitrogens with zero attached hydrogens (tertiary/aromatic N) is 3. The number of benzene rings is 1. The van der Waals surface area contributed by atoms with Gasteiger partial charge in [0.2, 0.25) is 0 Å². The Morgan fingerprint density at radius 2 is 2.14 bits per heavy atom. The van der Waals surface area contributed by atoms with Crippen LogP contribution >= 0.6 is 11.3 Å². The number of H-pyrrole nitrogens is 1. The Balaban J connectivity index is 1.83. The first kappa shape index (κ1) is 12.8. The molecule has 0 aliphatic rings. The minimum atomic E-state index is 0.668. The van der Waals surface area contributed by atoms with Crippen molar-refractivity contribution in [3.8, 4) is 11.4 Å². The largest absolute Gasteiger partial charge is 0.399 e. The van der Waals surface area contributed by atoms with Crippen molar-refractivity contribution in [2.45, 2.75) is 0 Å². The molecular formula is C15H12N6S. The fraction of sp³-hybridized carbons (Fsp3) is 0. The predicted octanol–water partition coefficient (Wildman–Crippen LogP) is 3.41. The van der Waals surface area contributed by atoms with Gasteiger partial charge in [-0.05, 0) is 29.6 Å². The highest BCUT2D eigenvalue weighted by Gasteiger charge is 2.11. The van der Waals surface area contributed by atoms with Gasteiger partial charge in [0.05, 0.1) is 6.20 Å². The third kappa shape index (κ3) is 2.27. The van der Waals surface area contributed by atoms with Gasteiger partial charge in [0, 0.05) is 22.3 Å². The minimum Gasteiger partial charge on any atom is -0.399 e. The lowest BCUT2D eigenvalue weighted by Crippen LogP contribution is -1.99. The Hall–Kier alpha value is -2.93. The first-order valence-corrected chi connectivity index (χ1v) is 7.60. The van der Waals surface area contributed by atoms with Crippen LogP contribution in [0.25, 0.3) is 22.4 Å². The van der Waals surface area contributed by atoms with E-state index in [1.165, 1.54) is 0 Å². The fourth-order valence-corrected chi connectivity index (χ4v) is 2.84. The summed E-state index contributed by atoms with van der Waals surface area (Å²) < 4.78 is 0. The summed E-state index contributed by atoms with van der Waals surface area (Å²) in [6, 6.07) is 9.52. The standard InChI is InChI=1S/C15H12N6S/c16-10-2-1-3-11(6-10)18-15-13-12(7-17-21-13)19-14(20-15)9-4-5-22-8-9/h1-8H,16H2,(H,17,21)(H,18,19,20). The van der Waals surface area contributed by atoms with Crippen molar-refractivity contribution in [2.24, 2.45) is 0 Å². The van der Waals surface area contributed by atoms with Gasteiger partial charge in [0.15, 0.2) is 11.6 Å². The summed E-state index contributed by atoms with van der Waals surface area (Å²) in [7, 11) is 0. The van der Waals surface area contributed by atoms with Gasteiger partial charge in [-0.3, -0.25) is 5.10 Å². The number of anilines is 3. The Labute approximate surface area is 130 Å². The smallest absolute Gasteiger partial charge is 0.163 e. The summed E-state index contributed by atoms with van der Waals surface area (Å²) in [6.07, 6.45) is 1.69. The van der Waals surface area contributed by atoms with Crippen LogP contribution in [0, 0.1) is 0 Å². The molecule has 0 aliphatic carbocycles. The Morgan fingerprint density at radius 1 is 1.18 bits per heavy atom. The highest BCUT2D eigenvalue weighted by atomic mass is 32.1. The lowest BCUT2D eigenvalue weighted by atomic mass is 10.2. The first-order chi connectivity index (χ1) is 10.8. The van der Waals surface area contributed by atoms with E-state index in [1.807, 2.05) is 41.1 Å². The molecule has 0 saturated carbocycles. The van der Waals surface area contributed by atoms with Crippen molar-refractivity contribution in [1.29, 1.82) is 0 Å². The molecule has 4 rings (SSSR count). The van der Waals surface area contributed by atoms with Gasteiger partial charge in [-0.2, -0.15) is 16.4 Å². The van der Waals surface area contributed by atoms with Crippen LogP contribution in [-0.4, -0.2) is 20.2 Å². The Bertz CT molecular complexity index is 928. The molecule has 4 aromatic rings. The molecule has 7 heteroatoms. The number of thiophene rings is 1. The molecule has 6 nitrogen and oxygen atoms in total. The van der Waals surface area contributed by atoms with Crippen molar-refractivity contribution < 1.29 is 0 Å². The molecule has 0 unspecified atom stereocenters. The maximum absolute atomic E-state index is 5.82. The molecule has 0 aliphatic heterocycles. The van der Waals surface area contributed by atoms with Gasteiger partial charge in [0.1, 0.15) is 11.0 Å². The number of aromatic nitrogens is 4. The van der Waals surface area contributed by atoms with E-state index in [1.54, 1.807) is 17.5 Å². The second kappa shape index (κ2) is 5.12. The van der Waals surface area contributed by atoms with E-state index in [-0.39, 0.29) is 0 Å². The van der Waals surface area contributed by atoms with E-state index in [9.17, 15) is 0 Å². The average Bonchev–Trinajstić information content (AvgIpc) is 3.18. The van der Waals surface area contributed by atoms with E-state index < -0.39 is 0 Å². The molecule has 0 radical (unpaired) electrons. The van der Waals surface area contributed by atoms with Gasteiger partial charge in [-0.15, -0.1) is 0 Å². The number of aromatic amines is 1. The fourth-order valence-electron chi connectivity index (χ4n) is 2.20. The Kier molecular flexibility index (Phi) is 2.97. The Morgan fingerprint density at radius 3 is 2.95 bits per heavy atom. The number of rotatable bonds is 3. The predicted molar refractivity (Wildman–Crippen MR) is 89.1 cm³/mol. The van der Waals surface area contributed by atoms with Gasteiger partial charge in [0.25, 0.3) is 0 Å². The molecule has 1 aromatic carbocycles. The summed E-state index contributed by atoms with van der Waals surface area (Å²) in [6.45, 7) is 0. The monoisotopic (exact) mass is 308 g/mol. The lowest BCUT2D eigenvalue weighted by molar-refractivity contribution is 1.11. The van der Waals surface area contributed by atoms with E-state index in [2.05, 4.69) is 25.5 Å². The zero-order valence-electron chi connectivity index (χ0n) is 11.4. The first-order valence-electron chi connectivity index (χ1n) is 6.66. The van der Waals surface area contributed by atoms with E-state index in [4.69, 9.17) is 5.73 Å². The van der Waals surface area contributed by atoms with Crippen molar-refractivity contribution >= 4 is 39.6 Å². The van der Waals surface area contributed by atoms with Gasteiger partial charge in [-0.25, -0.2) is 9.97 Å². The highest BCUT2D eigenvalue weighted by Crippen LogP contribution is 2.27. The zero-order chi connectivity index (χ0) is 14.9. The molecule has 0 spiro atoms. The molecule has 22 heavy (non-hydrogen) atoms. The van der Waals surface area contributed by atoms with Crippen LogP contribution in [0.4, 0.5) is 17.2 Å². The molecule has 0 bridgehead atoms. The summed E-state index contributed by atoms with van der Waals surface area (Å²) in [4.78, 5) is 9.15. The maximum Gasteiger partial charge on any atom is 0.163 e. The van der Waals surface area contributed by atoms with E-state index >= 15 is 0 Å². The van der Waals surface area contributed by atoms with Crippen molar-refractivity contribution in [3.05, 3.63) is 47.3 Å². The molecule has 0 atom stereocenters. The highest BCUT2D eigenvalue weighted by molar-refractivity contribution is 7.08. The summed E-state index contributed by atoms with van der Waals surface area (Å²) >= 11 is 1.61. The SMILES string of the molecule is Nc1cccc(Nc2nc(-c3ccsc3)nc3cn[nH]c23)c1. The van der Waals surface area contributed by atoms with Crippen LogP contribution in [0.1, 0.15) is 0 Å². The van der Waals surface area contributed by atoms with Crippen molar-refractivity contribution in [1.82, 2.24) is 20.2 Å². The normalized spacial score (nSPS) is 10.9. The number of fused-ring (bicyclic) bond motifs is 1. The third-order valence-electron chi connectivity index (χ3n) is 3.23. The van der Waals surface area contributed by atoms with Gasteiger partial charge >= 0.3 is 0 Å². The van der Waals surface area contributed by atoms with Crippen molar-refractivity contribution in [3.63, 3.8) is 0 Å². The molecule has 0 amide bonds. The molecular weight excluding hydrogens is 296 g/mol. The number of hydrogen-bond acceptors (Lipinski definition) is 6. The van der Waals surface area contributed by atoms with Crippen LogP contribution in [0.15, 0.2) is 47.3 Å². The molecule has 3 aromatic heterocycles. The number of nitrogens with two attached hydrogens (primary N) is 1. The zero-order valence-corrected chi connectivity index (χ0v) is 12.3. The second-order valence-electron chi connectivity index (χ2n) is 4.79. The third-order valence-corrected chi connectivity index (χ3v) is 3.91. The van der Waals surface area contributed by atoms with E-state index in [0.29, 0.717) is 17.3 Å². The van der Waals surface area contributed by atoms with E-state index in [0.717, 1.165) is 22.3 Å². The van der Waals surface area contributed by atoms with Gasteiger partial charge in [-0.1, -0.05) is 6.07 Å². The molecule has 0 saturated heterocycles. The number of nitrogens with one attached hydrogen (secondary N) is 2. The minimum absolute atomic E-state index is 0.668. The van der Waals surface area contributed by atoms with Crippen LogP contribution in [-0.2, 0) is 0 Å². The number of hydrogen-bond donors (Lipinski definition) is 3. The van der Waals surface area contributed by atoms with Crippen LogP contribution in [0.2, 0.25) is 0 Å². The molecule has 108 valence electrons. The molecule has 3 heterocycles.